The van der Waals surface area contributed by atoms with Gasteiger partial charge in [-0.25, -0.2) is 8.42 Å². The normalized spacial score (nSPS) is 11.3. The number of hydrogen-bond donors (Lipinski definition) is 1. The van der Waals surface area contributed by atoms with Gasteiger partial charge in [0.25, 0.3) is 10.0 Å². The van der Waals surface area contributed by atoms with Crippen molar-refractivity contribution in [1.29, 1.82) is 0 Å². The van der Waals surface area contributed by atoms with Gasteiger partial charge >= 0.3 is 5.69 Å². The molecule has 0 fully saturated rings. The van der Waals surface area contributed by atoms with Gasteiger partial charge in [-0.1, -0.05) is 11.3 Å². The zero-order valence-corrected chi connectivity index (χ0v) is 12.6. The maximum Gasteiger partial charge on any atom is 0.304 e. The zero-order chi connectivity index (χ0) is 15.6. The van der Waals surface area contributed by atoms with Crippen molar-refractivity contribution in [3.8, 4) is 0 Å². The average Bonchev–Trinajstić information content (AvgIpc) is 2.83. The van der Waals surface area contributed by atoms with Crippen LogP contribution in [0, 0.1) is 10.1 Å². The predicted molar refractivity (Wildman–Crippen MR) is 79.8 cm³/mol. The molecule has 2 aromatic heterocycles. The van der Waals surface area contributed by atoms with Gasteiger partial charge in [-0.2, -0.15) is 0 Å². The number of pyridine rings is 1. The van der Waals surface area contributed by atoms with Crippen LogP contribution in [-0.4, -0.2) is 24.9 Å². The lowest BCUT2D eigenvalue weighted by atomic mass is 10.4. The van der Waals surface area contributed by atoms with Crippen LogP contribution in [0.3, 0.4) is 0 Å². The van der Waals surface area contributed by atoms with E-state index in [1.165, 1.54) is 12.4 Å². The van der Waals surface area contributed by atoms with E-state index < -0.39 is 20.6 Å². The molecule has 0 saturated carbocycles. The second-order valence-corrected chi connectivity index (χ2v) is 7.12. The highest BCUT2D eigenvalue weighted by Gasteiger charge is 2.29. The lowest BCUT2D eigenvalue weighted by Gasteiger charge is -2.21. The zero-order valence-electron chi connectivity index (χ0n) is 11.0. The standard InChI is InChI=1S/C11H12N4O4S2/c1-2-14(8-3-5-13-6-4-8)21(18,19)10-7-9(15(16)17)11(12)20-10/h3-7H,2,12H2,1H3. The molecule has 10 heteroatoms. The van der Waals surface area contributed by atoms with Gasteiger partial charge in [0.1, 0.15) is 4.21 Å². The summed E-state index contributed by atoms with van der Waals surface area (Å²) in [5, 5.41) is 10.7. The average molecular weight is 328 g/mol. The molecule has 2 rings (SSSR count). The summed E-state index contributed by atoms with van der Waals surface area (Å²) in [6.45, 7) is 1.85. The molecule has 0 aromatic carbocycles. The Labute approximate surface area is 125 Å². The molecule has 2 heterocycles. The molecule has 8 nitrogen and oxygen atoms in total. The Morgan fingerprint density at radius 3 is 2.52 bits per heavy atom. The van der Waals surface area contributed by atoms with Crippen LogP contribution in [-0.2, 0) is 10.0 Å². The van der Waals surface area contributed by atoms with E-state index in [4.69, 9.17) is 5.73 Å². The van der Waals surface area contributed by atoms with Crippen LogP contribution >= 0.6 is 11.3 Å². The summed E-state index contributed by atoms with van der Waals surface area (Å²) >= 11 is 0.679. The Kier molecular flexibility index (Phi) is 4.09. The van der Waals surface area contributed by atoms with Gasteiger partial charge in [-0.05, 0) is 19.1 Å². The maximum atomic E-state index is 12.6. The van der Waals surface area contributed by atoms with Crippen molar-refractivity contribution in [3.63, 3.8) is 0 Å². The number of aromatic nitrogens is 1. The molecule has 21 heavy (non-hydrogen) atoms. The predicted octanol–water partition coefficient (Wildman–Crippen LogP) is 1.85. The van der Waals surface area contributed by atoms with E-state index in [1.807, 2.05) is 0 Å². The van der Waals surface area contributed by atoms with Gasteiger partial charge in [0.15, 0.2) is 5.00 Å². The molecule has 0 saturated heterocycles. The highest BCUT2D eigenvalue weighted by molar-refractivity contribution is 7.94. The Morgan fingerprint density at radius 2 is 2.05 bits per heavy atom. The summed E-state index contributed by atoms with van der Waals surface area (Å²) in [7, 11) is -3.90. The first-order chi connectivity index (χ1) is 9.87. The third-order valence-electron chi connectivity index (χ3n) is 2.70. The fourth-order valence-corrected chi connectivity index (χ4v) is 4.56. The first-order valence-corrected chi connectivity index (χ1v) is 8.10. The molecule has 0 spiro atoms. The van der Waals surface area contributed by atoms with Gasteiger partial charge in [-0.15, -0.1) is 0 Å². The first-order valence-electron chi connectivity index (χ1n) is 5.84. The van der Waals surface area contributed by atoms with Crippen LogP contribution in [0.4, 0.5) is 16.4 Å². The summed E-state index contributed by atoms with van der Waals surface area (Å²) in [4.78, 5) is 13.9. The van der Waals surface area contributed by atoms with E-state index in [0.717, 1.165) is 10.4 Å². The van der Waals surface area contributed by atoms with Gasteiger partial charge in [0.2, 0.25) is 0 Å². The molecule has 0 radical (unpaired) electrons. The second kappa shape index (κ2) is 5.66. The van der Waals surface area contributed by atoms with Gasteiger partial charge in [0, 0.05) is 25.0 Å². The van der Waals surface area contributed by atoms with Crippen LogP contribution in [0.5, 0.6) is 0 Å². The fraction of sp³-hybridized carbons (Fsp3) is 0.182. The van der Waals surface area contributed by atoms with Crippen LogP contribution in [0.25, 0.3) is 0 Å². The highest BCUT2D eigenvalue weighted by Crippen LogP contribution is 2.36. The Balaban J connectivity index is 2.50. The molecule has 0 unspecified atom stereocenters. The summed E-state index contributed by atoms with van der Waals surface area (Å²) in [6, 6.07) is 4.08. The SMILES string of the molecule is CCN(c1ccncc1)S(=O)(=O)c1cc([N+](=O)[O-])c(N)s1. The number of nitrogen functional groups attached to an aromatic ring is 1. The van der Waals surface area contributed by atoms with Crippen LogP contribution in [0.1, 0.15) is 6.92 Å². The Morgan fingerprint density at radius 1 is 1.43 bits per heavy atom. The van der Waals surface area contributed by atoms with Crippen LogP contribution in [0.15, 0.2) is 34.8 Å². The third-order valence-corrected chi connectivity index (χ3v) is 6.00. The number of nitrogens with two attached hydrogens (primary N) is 1. The minimum Gasteiger partial charge on any atom is -0.385 e. The van der Waals surface area contributed by atoms with Crippen LogP contribution in [0.2, 0.25) is 0 Å². The van der Waals surface area contributed by atoms with Crippen molar-refractivity contribution in [2.75, 3.05) is 16.6 Å². The van der Waals surface area contributed by atoms with Crippen molar-refractivity contribution < 1.29 is 13.3 Å². The minimum atomic E-state index is -3.90. The molecule has 0 aliphatic rings. The summed E-state index contributed by atoms with van der Waals surface area (Å²) < 4.78 is 26.2. The molecular formula is C11H12N4O4S2. The summed E-state index contributed by atoms with van der Waals surface area (Å²) in [5.74, 6) is 0. The molecule has 0 bridgehead atoms. The minimum absolute atomic E-state index is 0.135. The molecule has 2 N–H and O–H groups in total. The van der Waals surface area contributed by atoms with E-state index in [-0.39, 0.29) is 15.8 Å². The number of hydrogen-bond acceptors (Lipinski definition) is 7. The summed E-state index contributed by atoms with van der Waals surface area (Å²) in [5.41, 5.74) is 5.54. The van der Waals surface area contributed by atoms with E-state index >= 15 is 0 Å². The number of sulfonamides is 1. The lowest BCUT2D eigenvalue weighted by Crippen LogP contribution is -2.30. The van der Waals surface area contributed by atoms with E-state index in [9.17, 15) is 18.5 Å². The van der Waals surface area contributed by atoms with Gasteiger partial charge in [-0.3, -0.25) is 19.4 Å². The number of rotatable bonds is 5. The number of thiophene rings is 1. The molecule has 2 aromatic rings. The monoisotopic (exact) mass is 328 g/mol. The van der Waals surface area contributed by atoms with Gasteiger partial charge < -0.3 is 5.73 Å². The quantitative estimate of drug-likeness (QED) is 0.660. The smallest absolute Gasteiger partial charge is 0.304 e. The maximum absolute atomic E-state index is 12.6. The lowest BCUT2D eigenvalue weighted by molar-refractivity contribution is -0.383. The van der Waals surface area contributed by atoms with E-state index in [0.29, 0.717) is 17.0 Å². The molecular weight excluding hydrogens is 316 g/mol. The molecule has 0 aliphatic carbocycles. The van der Waals surface area contributed by atoms with Crippen molar-refractivity contribution in [1.82, 2.24) is 4.98 Å². The highest BCUT2D eigenvalue weighted by atomic mass is 32.2. The third kappa shape index (κ3) is 2.81. The number of anilines is 2. The number of nitrogens with zero attached hydrogens (tertiary/aromatic N) is 3. The molecule has 0 aliphatic heterocycles. The first kappa shape index (κ1) is 15.2. The summed E-state index contributed by atoms with van der Waals surface area (Å²) in [6.07, 6.45) is 2.94. The topological polar surface area (TPSA) is 119 Å². The Bertz CT molecular complexity index is 758. The second-order valence-electron chi connectivity index (χ2n) is 3.95. The molecule has 0 atom stereocenters. The molecule has 112 valence electrons. The van der Waals surface area contributed by atoms with Crippen LogP contribution < -0.4 is 10.0 Å². The largest absolute Gasteiger partial charge is 0.385 e. The molecule has 0 amide bonds. The number of nitro groups is 1. The van der Waals surface area contributed by atoms with Crippen molar-refractivity contribution in [3.05, 3.63) is 40.7 Å². The van der Waals surface area contributed by atoms with E-state index in [1.54, 1.807) is 19.1 Å². The van der Waals surface area contributed by atoms with Gasteiger partial charge in [0.05, 0.1) is 10.6 Å². The van der Waals surface area contributed by atoms with Crippen molar-refractivity contribution in [2.24, 2.45) is 0 Å². The fourth-order valence-electron chi connectivity index (χ4n) is 1.75. The van der Waals surface area contributed by atoms with Crippen molar-refractivity contribution >= 4 is 37.7 Å². The van der Waals surface area contributed by atoms with Crippen molar-refractivity contribution in [2.45, 2.75) is 11.1 Å². The Hall–Kier alpha value is -2.20. The van der Waals surface area contributed by atoms with E-state index in [2.05, 4.69) is 4.98 Å².